The molecule has 10 heteroatoms. The number of nitrogens with zero attached hydrogens (tertiary/aromatic N) is 3. The van der Waals surface area contributed by atoms with Crippen molar-refractivity contribution in [1.29, 1.82) is 0 Å². The Morgan fingerprint density at radius 2 is 1.94 bits per heavy atom. The number of carbonyl (C=O) groups is 1. The number of benzene rings is 1. The van der Waals surface area contributed by atoms with Crippen LogP contribution >= 0.6 is 10.6 Å². The number of rotatable bonds is 6. The van der Waals surface area contributed by atoms with E-state index in [1.54, 1.807) is 6.07 Å². The molecule has 1 aromatic carbocycles. The number of nitrogens with one attached hydrogen (secondary N) is 2. The van der Waals surface area contributed by atoms with Crippen molar-refractivity contribution < 1.29 is 18.6 Å². The molecule has 3 heterocycles. The maximum absolute atomic E-state index is 12.3. The minimum atomic E-state index is -3.23. The van der Waals surface area contributed by atoms with Crippen molar-refractivity contribution in [2.45, 2.75) is 32.1 Å². The van der Waals surface area contributed by atoms with Crippen LogP contribution in [0.2, 0.25) is 0 Å². The first kappa shape index (κ1) is 23.5. The topological polar surface area (TPSA) is 124 Å². The van der Waals surface area contributed by atoms with Gasteiger partial charge in [-0.05, 0) is 45.0 Å². The number of morpholine rings is 1. The van der Waals surface area contributed by atoms with Crippen LogP contribution in [0.15, 0.2) is 36.5 Å². The zero-order chi connectivity index (χ0) is 23.6. The number of hydrogen-bond donors (Lipinski definition) is 4. The summed E-state index contributed by atoms with van der Waals surface area (Å²) in [4.78, 5) is 27.0. The third-order valence-electron chi connectivity index (χ3n) is 5.17. The molecule has 9 nitrogen and oxygen atoms in total. The van der Waals surface area contributed by atoms with Crippen LogP contribution in [0.4, 0.5) is 5.82 Å². The van der Waals surface area contributed by atoms with E-state index in [9.17, 15) is 13.9 Å². The highest BCUT2D eigenvalue weighted by molar-refractivity contribution is 8.24. The maximum Gasteiger partial charge on any atom is 0.239 e. The van der Waals surface area contributed by atoms with Gasteiger partial charge in [-0.25, -0.2) is 9.97 Å². The van der Waals surface area contributed by atoms with Crippen LogP contribution in [0.25, 0.3) is 22.3 Å². The molecule has 0 unspecified atom stereocenters. The van der Waals surface area contributed by atoms with E-state index in [-0.39, 0.29) is 11.5 Å². The van der Waals surface area contributed by atoms with Gasteiger partial charge in [-0.15, -0.1) is 0 Å². The van der Waals surface area contributed by atoms with Gasteiger partial charge in [0.05, 0.1) is 24.7 Å². The molecule has 1 fully saturated rings. The molecule has 0 aliphatic carbocycles. The predicted molar refractivity (Wildman–Crippen MR) is 132 cm³/mol. The van der Waals surface area contributed by atoms with Crippen LogP contribution in [0.5, 0.6) is 0 Å². The third-order valence-corrected chi connectivity index (χ3v) is 6.65. The standard InChI is InChI=1S/C23H31N5O4S/c1-23(2,3)27-21(29)15-33(30,31)14-18-13-20(28-8-10-32-11-9-28)26-22(25-18)17-4-5-19-16(12-17)6-7-24-19/h4-7,12-13,24,30-31H,8-11,14-15H2,1-3H3,(H,27,29). The number of hydrogen-bond acceptors (Lipinski definition) is 7. The average molecular weight is 474 g/mol. The van der Waals surface area contributed by atoms with Crippen molar-refractivity contribution >= 4 is 33.2 Å². The van der Waals surface area contributed by atoms with Crippen LogP contribution < -0.4 is 10.2 Å². The van der Waals surface area contributed by atoms with Gasteiger partial charge < -0.3 is 19.9 Å². The molecule has 3 aromatic rings. The third kappa shape index (κ3) is 6.23. The Morgan fingerprint density at radius 3 is 2.67 bits per heavy atom. The molecule has 178 valence electrons. The number of amides is 1. The predicted octanol–water partition coefficient (Wildman–Crippen LogP) is 3.63. The van der Waals surface area contributed by atoms with Gasteiger partial charge in [0.1, 0.15) is 11.6 Å². The Hall–Kier alpha value is -2.66. The van der Waals surface area contributed by atoms with Crippen LogP contribution in [0, 0.1) is 0 Å². The van der Waals surface area contributed by atoms with Crippen molar-refractivity contribution in [2.24, 2.45) is 0 Å². The van der Waals surface area contributed by atoms with E-state index >= 15 is 0 Å². The summed E-state index contributed by atoms with van der Waals surface area (Å²) in [5, 5.41) is 3.82. The second kappa shape index (κ2) is 9.30. The minimum absolute atomic E-state index is 0.121. The first-order chi connectivity index (χ1) is 15.6. The summed E-state index contributed by atoms with van der Waals surface area (Å²) >= 11 is 0. The van der Waals surface area contributed by atoms with Gasteiger partial charge in [0.25, 0.3) is 0 Å². The van der Waals surface area contributed by atoms with E-state index in [1.807, 2.05) is 51.2 Å². The molecule has 0 atom stereocenters. The number of carbonyl (C=O) groups excluding carboxylic acids is 1. The molecule has 4 N–H and O–H groups in total. The largest absolute Gasteiger partial charge is 0.378 e. The van der Waals surface area contributed by atoms with Gasteiger partial charge in [0, 0.05) is 47.4 Å². The monoisotopic (exact) mass is 473 g/mol. The molecule has 2 aromatic heterocycles. The Balaban J connectivity index is 1.64. The zero-order valence-corrected chi connectivity index (χ0v) is 20.0. The number of H-pyrrole nitrogens is 1. The fourth-order valence-electron chi connectivity index (χ4n) is 3.79. The van der Waals surface area contributed by atoms with Crippen LogP contribution in [0.3, 0.4) is 0 Å². The normalized spacial score (nSPS) is 15.6. The summed E-state index contributed by atoms with van der Waals surface area (Å²) in [7, 11) is -3.23. The number of aromatic nitrogens is 3. The Bertz CT molecular complexity index is 1140. The van der Waals surface area contributed by atoms with E-state index in [0.29, 0.717) is 43.6 Å². The van der Waals surface area contributed by atoms with Crippen LogP contribution in [-0.4, -0.2) is 67.6 Å². The summed E-state index contributed by atoms with van der Waals surface area (Å²) in [6, 6.07) is 9.67. The highest BCUT2D eigenvalue weighted by Crippen LogP contribution is 2.42. The highest BCUT2D eigenvalue weighted by atomic mass is 32.3. The fourth-order valence-corrected chi connectivity index (χ4v) is 5.00. The van der Waals surface area contributed by atoms with Gasteiger partial charge in [0.2, 0.25) is 5.91 Å². The smallest absolute Gasteiger partial charge is 0.239 e. The average Bonchev–Trinajstić information content (AvgIpc) is 3.19. The molecule has 0 saturated carbocycles. The van der Waals surface area contributed by atoms with Crippen molar-refractivity contribution in [2.75, 3.05) is 37.0 Å². The van der Waals surface area contributed by atoms with Crippen LogP contribution in [0.1, 0.15) is 26.5 Å². The van der Waals surface area contributed by atoms with Crippen molar-refractivity contribution in [3.8, 4) is 11.4 Å². The first-order valence-corrected chi connectivity index (χ1v) is 12.8. The van der Waals surface area contributed by atoms with E-state index in [0.717, 1.165) is 16.5 Å². The van der Waals surface area contributed by atoms with Crippen molar-refractivity contribution in [1.82, 2.24) is 20.3 Å². The lowest BCUT2D eigenvalue weighted by molar-refractivity contribution is -0.120. The van der Waals surface area contributed by atoms with Crippen LogP contribution in [-0.2, 0) is 15.3 Å². The SMILES string of the molecule is CC(C)(C)NC(=O)CS(O)(O)Cc1cc(N2CCOCC2)nc(-c2ccc3[nH]ccc3c2)n1. The molecule has 1 amide bonds. The molecule has 0 spiro atoms. The summed E-state index contributed by atoms with van der Waals surface area (Å²) in [6.07, 6.45) is 1.88. The molecule has 4 rings (SSSR count). The van der Waals surface area contributed by atoms with Gasteiger partial charge in [-0.1, -0.05) is 0 Å². The Morgan fingerprint density at radius 1 is 1.18 bits per heavy atom. The summed E-state index contributed by atoms with van der Waals surface area (Å²) in [6.45, 7) is 8.14. The summed E-state index contributed by atoms with van der Waals surface area (Å²) < 4.78 is 26.8. The quantitative estimate of drug-likeness (QED) is 0.431. The Labute approximate surface area is 194 Å². The molecule has 1 aliphatic rings. The number of anilines is 1. The molecule has 1 aliphatic heterocycles. The fraction of sp³-hybridized carbons (Fsp3) is 0.435. The second-order valence-corrected chi connectivity index (χ2v) is 11.5. The molecule has 0 bridgehead atoms. The Kier molecular flexibility index (Phi) is 6.62. The molecule has 0 radical (unpaired) electrons. The number of fused-ring (bicyclic) bond motifs is 1. The van der Waals surface area contributed by atoms with E-state index in [2.05, 4.69) is 20.2 Å². The van der Waals surface area contributed by atoms with Gasteiger partial charge in [0.15, 0.2) is 5.82 Å². The van der Waals surface area contributed by atoms with E-state index < -0.39 is 22.0 Å². The first-order valence-electron chi connectivity index (χ1n) is 10.9. The molecule has 33 heavy (non-hydrogen) atoms. The highest BCUT2D eigenvalue weighted by Gasteiger charge is 2.24. The van der Waals surface area contributed by atoms with Gasteiger partial charge in [-0.3, -0.25) is 13.9 Å². The molecular weight excluding hydrogens is 442 g/mol. The summed E-state index contributed by atoms with van der Waals surface area (Å²) in [5.41, 5.74) is 1.89. The lowest BCUT2D eigenvalue weighted by Crippen LogP contribution is -2.43. The van der Waals surface area contributed by atoms with E-state index in [4.69, 9.17) is 9.72 Å². The lowest BCUT2D eigenvalue weighted by atomic mass is 10.1. The van der Waals surface area contributed by atoms with Crippen molar-refractivity contribution in [3.05, 3.63) is 42.2 Å². The zero-order valence-electron chi connectivity index (χ0n) is 19.2. The summed E-state index contributed by atoms with van der Waals surface area (Å²) in [5.74, 6) is 0.326. The minimum Gasteiger partial charge on any atom is -0.378 e. The van der Waals surface area contributed by atoms with E-state index in [1.165, 1.54) is 0 Å². The van der Waals surface area contributed by atoms with Gasteiger partial charge >= 0.3 is 0 Å². The second-order valence-electron chi connectivity index (χ2n) is 9.31. The number of ether oxygens (including phenoxy) is 1. The van der Waals surface area contributed by atoms with Gasteiger partial charge in [-0.2, -0.15) is 10.6 Å². The molecule has 1 saturated heterocycles. The maximum atomic E-state index is 12.3. The van der Waals surface area contributed by atoms with Crippen molar-refractivity contribution in [3.63, 3.8) is 0 Å². The lowest BCUT2D eigenvalue weighted by Gasteiger charge is -2.33. The number of aromatic amines is 1. The molecular formula is C23H31N5O4S.